The molecule has 0 saturated heterocycles. The van der Waals surface area contributed by atoms with Crippen LogP contribution in [-0.2, 0) is 9.59 Å². The van der Waals surface area contributed by atoms with Crippen molar-refractivity contribution in [2.45, 2.75) is 6.42 Å². The van der Waals surface area contributed by atoms with Crippen LogP contribution in [0.25, 0.3) is 0 Å². The van der Waals surface area contributed by atoms with E-state index in [0.717, 1.165) is 0 Å². The SMILES string of the molecule is N#CCNC(=O)C1CC1C(=O)O. The second-order valence-electron chi connectivity index (χ2n) is 2.66. The number of nitrogens with one attached hydrogen (secondary N) is 1. The molecule has 5 heteroatoms. The highest BCUT2D eigenvalue weighted by atomic mass is 16.4. The Morgan fingerprint density at radius 1 is 1.58 bits per heavy atom. The van der Waals surface area contributed by atoms with Gasteiger partial charge in [0.2, 0.25) is 5.91 Å². The maximum absolute atomic E-state index is 11.0. The maximum Gasteiger partial charge on any atom is 0.307 e. The lowest BCUT2D eigenvalue weighted by atomic mass is 10.3. The minimum Gasteiger partial charge on any atom is -0.481 e. The number of carbonyl (C=O) groups is 2. The second-order valence-corrected chi connectivity index (χ2v) is 2.66. The third kappa shape index (κ3) is 1.72. The zero-order valence-electron chi connectivity index (χ0n) is 6.28. The molecule has 0 spiro atoms. The summed E-state index contributed by atoms with van der Waals surface area (Å²) in [4.78, 5) is 21.3. The Kier molecular flexibility index (Phi) is 2.29. The summed E-state index contributed by atoms with van der Waals surface area (Å²) in [6, 6.07) is 1.75. The number of amides is 1. The van der Waals surface area contributed by atoms with Gasteiger partial charge in [-0.3, -0.25) is 9.59 Å². The van der Waals surface area contributed by atoms with Gasteiger partial charge in [-0.1, -0.05) is 0 Å². The maximum atomic E-state index is 11.0. The summed E-state index contributed by atoms with van der Waals surface area (Å²) in [5.41, 5.74) is 0. The Hall–Kier alpha value is -1.57. The van der Waals surface area contributed by atoms with Crippen LogP contribution in [0.15, 0.2) is 0 Å². The number of carboxylic acid groups (broad SMARTS) is 1. The molecule has 0 aromatic carbocycles. The van der Waals surface area contributed by atoms with Gasteiger partial charge in [0, 0.05) is 0 Å². The van der Waals surface area contributed by atoms with E-state index in [9.17, 15) is 9.59 Å². The van der Waals surface area contributed by atoms with Crippen molar-refractivity contribution in [2.75, 3.05) is 6.54 Å². The lowest BCUT2D eigenvalue weighted by molar-refractivity contribution is -0.140. The fraction of sp³-hybridized carbons (Fsp3) is 0.571. The molecule has 0 bridgehead atoms. The van der Waals surface area contributed by atoms with Crippen LogP contribution in [0.2, 0.25) is 0 Å². The Morgan fingerprint density at radius 3 is 2.67 bits per heavy atom. The van der Waals surface area contributed by atoms with Gasteiger partial charge in [0.15, 0.2) is 0 Å². The lowest BCUT2D eigenvalue weighted by Crippen LogP contribution is -2.26. The average molecular weight is 168 g/mol. The van der Waals surface area contributed by atoms with Gasteiger partial charge in [-0.05, 0) is 6.42 Å². The van der Waals surface area contributed by atoms with Crippen molar-refractivity contribution in [3.05, 3.63) is 0 Å². The molecule has 1 saturated carbocycles. The number of hydrogen-bond donors (Lipinski definition) is 2. The highest BCUT2D eigenvalue weighted by Crippen LogP contribution is 2.38. The summed E-state index contributed by atoms with van der Waals surface area (Å²) in [5.74, 6) is -2.23. The molecular formula is C7H8N2O3. The Bertz CT molecular complexity index is 256. The van der Waals surface area contributed by atoms with Crippen molar-refractivity contribution in [3.63, 3.8) is 0 Å². The summed E-state index contributed by atoms with van der Waals surface area (Å²) in [6.45, 7) is -0.0539. The van der Waals surface area contributed by atoms with Crippen LogP contribution in [0, 0.1) is 23.2 Å². The Labute approximate surface area is 69.0 Å². The molecule has 1 rings (SSSR count). The van der Waals surface area contributed by atoms with Crippen LogP contribution in [0.3, 0.4) is 0 Å². The van der Waals surface area contributed by atoms with E-state index in [-0.39, 0.29) is 12.5 Å². The molecule has 1 aliphatic rings. The quantitative estimate of drug-likeness (QED) is 0.548. The van der Waals surface area contributed by atoms with E-state index in [4.69, 9.17) is 10.4 Å². The molecule has 1 amide bonds. The number of hydrogen-bond acceptors (Lipinski definition) is 3. The van der Waals surface area contributed by atoms with E-state index in [1.54, 1.807) is 6.07 Å². The topological polar surface area (TPSA) is 90.2 Å². The predicted octanol–water partition coefficient (Wildman–Crippen LogP) is -0.653. The zero-order chi connectivity index (χ0) is 9.14. The monoisotopic (exact) mass is 168 g/mol. The minimum atomic E-state index is -0.938. The second kappa shape index (κ2) is 3.22. The van der Waals surface area contributed by atoms with Crippen LogP contribution >= 0.6 is 0 Å². The molecule has 1 fully saturated rings. The van der Waals surface area contributed by atoms with Crippen LogP contribution in [-0.4, -0.2) is 23.5 Å². The van der Waals surface area contributed by atoms with Crippen molar-refractivity contribution in [1.82, 2.24) is 5.32 Å². The van der Waals surface area contributed by atoms with E-state index in [1.165, 1.54) is 0 Å². The van der Waals surface area contributed by atoms with Crippen LogP contribution < -0.4 is 5.32 Å². The first-order chi connectivity index (χ1) is 5.66. The molecule has 2 N–H and O–H groups in total. The molecule has 12 heavy (non-hydrogen) atoms. The molecule has 5 nitrogen and oxygen atoms in total. The van der Waals surface area contributed by atoms with E-state index in [0.29, 0.717) is 6.42 Å². The van der Waals surface area contributed by atoms with Gasteiger partial charge in [0.1, 0.15) is 6.54 Å². The third-order valence-corrected chi connectivity index (χ3v) is 1.79. The molecular weight excluding hydrogens is 160 g/mol. The Morgan fingerprint density at radius 2 is 2.25 bits per heavy atom. The molecule has 0 aromatic heterocycles. The highest BCUT2D eigenvalue weighted by molar-refractivity contribution is 5.89. The summed E-state index contributed by atoms with van der Waals surface area (Å²) < 4.78 is 0. The van der Waals surface area contributed by atoms with Gasteiger partial charge in [-0.25, -0.2) is 0 Å². The number of carbonyl (C=O) groups excluding carboxylic acids is 1. The third-order valence-electron chi connectivity index (χ3n) is 1.79. The minimum absolute atomic E-state index is 0.0539. The standard InChI is InChI=1S/C7H8N2O3/c8-1-2-9-6(10)4-3-5(4)7(11)12/h4-5H,2-3H2,(H,9,10)(H,11,12). The van der Waals surface area contributed by atoms with E-state index in [2.05, 4.69) is 5.32 Å². The van der Waals surface area contributed by atoms with Gasteiger partial charge in [0.25, 0.3) is 0 Å². The van der Waals surface area contributed by atoms with Gasteiger partial charge < -0.3 is 10.4 Å². The van der Waals surface area contributed by atoms with Gasteiger partial charge in [0.05, 0.1) is 17.9 Å². The van der Waals surface area contributed by atoms with Crippen LogP contribution in [0.1, 0.15) is 6.42 Å². The van der Waals surface area contributed by atoms with E-state index < -0.39 is 17.8 Å². The van der Waals surface area contributed by atoms with E-state index >= 15 is 0 Å². The smallest absolute Gasteiger partial charge is 0.307 e. The van der Waals surface area contributed by atoms with Crippen molar-refractivity contribution >= 4 is 11.9 Å². The molecule has 0 radical (unpaired) electrons. The van der Waals surface area contributed by atoms with Crippen molar-refractivity contribution in [1.29, 1.82) is 5.26 Å². The predicted molar refractivity (Wildman–Crippen MR) is 37.9 cm³/mol. The average Bonchev–Trinajstić information content (AvgIpc) is 2.78. The summed E-state index contributed by atoms with van der Waals surface area (Å²) in [7, 11) is 0. The first kappa shape index (κ1) is 8.53. The zero-order valence-corrected chi connectivity index (χ0v) is 6.28. The fourth-order valence-corrected chi connectivity index (χ4v) is 1.02. The Balaban J connectivity index is 2.29. The molecule has 64 valence electrons. The van der Waals surface area contributed by atoms with Crippen LogP contribution in [0.5, 0.6) is 0 Å². The summed E-state index contributed by atoms with van der Waals surface area (Å²) >= 11 is 0. The first-order valence-corrected chi connectivity index (χ1v) is 3.54. The highest BCUT2D eigenvalue weighted by Gasteiger charge is 2.48. The first-order valence-electron chi connectivity index (χ1n) is 3.54. The largest absolute Gasteiger partial charge is 0.481 e. The molecule has 0 aromatic rings. The lowest BCUT2D eigenvalue weighted by Gasteiger charge is -1.96. The van der Waals surface area contributed by atoms with Gasteiger partial charge in [-0.15, -0.1) is 0 Å². The number of rotatable bonds is 3. The number of aliphatic carboxylic acids is 1. The number of nitrogens with zero attached hydrogens (tertiary/aromatic N) is 1. The van der Waals surface area contributed by atoms with E-state index in [1.807, 2.05) is 0 Å². The summed E-state index contributed by atoms with van der Waals surface area (Å²) in [6.07, 6.45) is 0.395. The van der Waals surface area contributed by atoms with Crippen molar-refractivity contribution in [3.8, 4) is 6.07 Å². The molecule has 1 aliphatic carbocycles. The fourth-order valence-electron chi connectivity index (χ4n) is 1.02. The molecule has 2 unspecified atom stereocenters. The van der Waals surface area contributed by atoms with Crippen molar-refractivity contribution < 1.29 is 14.7 Å². The molecule has 2 atom stereocenters. The van der Waals surface area contributed by atoms with Gasteiger partial charge in [-0.2, -0.15) is 5.26 Å². The molecule has 0 aliphatic heterocycles. The number of nitriles is 1. The summed E-state index contributed by atoms with van der Waals surface area (Å²) in [5, 5.41) is 18.9. The van der Waals surface area contributed by atoms with Crippen LogP contribution in [0.4, 0.5) is 0 Å². The van der Waals surface area contributed by atoms with Crippen molar-refractivity contribution in [2.24, 2.45) is 11.8 Å². The molecule has 0 heterocycles. The normalized spacial score (nSPS) is 25.6. The number of carboxylic acids is 1. The van der Waals surface area contributed by atoms with Gasteiger partial charge >= 0.3 is 5.97 Å².